The first-order valence-electron chi connectivity index (χ1n) is 8.65. The van der Waals surface area contributed by atoms with E-state index in [2.05, 4.69) is 15.9 Å². The first-order chi connectivity index (χ1) is 13.3. The number of amides is 1. The molecule has 2 aromatic rings. The van der Waals surface area contributed by atoms with Gasteiger partial charge in [0.25, 0.3) is 0 Å². The number of halogens is 1. The number of aryl methyl sites for hydroxylation is 1. The number of benzene rings is 2. The molecule has 0 spiro atoms. The molecule has 0 unspecified atom stereocenters. The molecule has 0 aliphatic rings. The van der Waals surface area contributed by atoms with Crippen molar-refractivity contribution in [3.05, 3.63) is 63.6 Å². The number of anilines is 1. The van der Waals surface area contributed by atoms with Crippen LogP contribution in [0, 0.1) is 13.8 Å². The Labute approximate surface area is 177 Å². The van der Waals surface area contributed by atoms with Gasteiger partial charge in [-0.1, -0.05) is 64.1 Å². The zero-order valence-electron chi connectivity index (χ0n) is 16.2. The van der Waals surface area contributed by atoms with Crippen LogP contribution in [0.2, 0.25) is 0 Å². The molecule has 2 rings (SSSR count). The van der Waals surface area contributed by atoms with Gasteiger partial charge < -0.3 is 4.74 Å². The van der Waals surface area contributed by atoms with Crippen molar-refractivity contribution < 1.29 is 19.1 Å². The minimum Gasteiger partial charge on any atom is -0.467 e. The highest BCUT2D eigenvalue weighted by Crippen LogP contribution is 2.33. The number of carbonyl (C=O) groups excluding carboxylic acids is 3. The fraction of sp³-hybridized carbons (Fsp3) is 0.286. The zero-order chi connectivity index (χ0) is 20.8. The predicted octanol–water partition coefficient (Wildman–Crippen LogP) is 4.53. The van der Waals surface area contributed by atoms with Crippen LogP contribution in [0.5, 0.6) is 0 Å². The van der Waals surface area contributed by atoms with Gasteiger partial charge in [0, 0.05) is 10.0 Å². The monoisotopic (exact) mass is 463 g/mol. The van der Waals surface area contributed by atoms with Gasteiger partial charge in [-0.15, -0.1) is 0 Å². The molecule has 0 saturated heterocycles. The first-order valence-corrected chi connectivity index (χ1v) is 10.4. The first kappa shape index (κ1) is 22.2. The van der Waals surface area contributed by atoms with Crippen LogP contribution in [0.3, 0.4) is 0 Å². The third kappa shape index (κ3) is 5.02. The summed E-state index contributed by atoms with van der Waals surface area (Å²) in [5.41, 5.74) is 2.86. The fourth-order valence-corrected chi connectivity index (χ4v) is 3.86. The minimum absolute atomic E-state index is 0.0829. The molecule has 28 heavy (non-hydrogen) atoms. The van der Waals surface area contributed by atoms with E-state index >= 15 is 0 Å². The van der Waals surface area contributed by atoms with Gasteiger partial charge in [0.05, 0.1) is 18.6 Å². The van der Waals surface area contributed by atoms with Crippen molar-refractivity contribution in [3.8, 4) is 0 Å². The second-order valence-corrected chi connectivity index (χ2v) is 8.05. The maximum Gasteiger partial charge on any atom is 0.328 e. The van der Waals surface area contributed by atoms with Gasteiger partial charge in [-0.25, -0.2) is 4.79 Å². The number of hydrogen-bond acceptors (Lipinski definition) is 5. The maximum atomic E-state index is 13.1. The number of methoxy groups -OCH3 is 1. The molecular weight excluding hydrogens is 442 g/mol. The number of rotatable bonds is 6. The van der Waals surface area contributed by atoms with E-state index in [4.69, 9.17) is 4.74 Å². The van der Waals surface area contributed by atoms with E-state index in [1.54, 1.807) is 31.2 Å². The third-order valence-electron chi connectivity index (χ3n) is 4.34. The molecule has 1 atom stereocenters. The Kier molecular flexibility index (Phi) is 7.83. The van der Waals surface area contributed by atoms with Gasteiger partial charge >= 0.3 is 5.97 Å². The van der Waals surface area contributed by atoms with Crippen molar-refractivity contribution in [1.29, 1.82) is 0 Å². The SMILES string of the molecule is COC(=O)[C@H](C)N(C(=O)CSC(=O)c1ccccc1)c1c(C)ccc(Br)c1C. The van der Waals surface area contributed by atoms with Crippen molar-refractivity contribution in [2.75, 3.05) is 17.8 Å². The summed E-state index contributed by atoms with van der Waals surface area (Å²) in [5.74, 6) is -0.941. The van der Waals surface area contributed by atoms with Gasteiger partial charge in [0.1, 0.15) is 6.04 Å². The van der Waals surface area contributed by atoms with Crippen molar-refractivity contribution >= 4 is 50.4 Å². The summed E-state index contributed by atoms with van der Waals surface area (Å²) in [6.45, 7) is 5.37. The maximum absolute atomic E-state index is 13.1. The molecule has 2 aromatic carbocycles. The van der Waals surface area contributed by atoms with E-state index in [9.17, 15) is 14.4 Å². The predicted molar refractivity (Wildman–Crippen MR) is 116 cm³/mol. The van der Waals surface area contributed by atoms with Crippen LogP contribution in [0.25, 0.3) is 0 Å². The lowest BCUT2D eigenvalue weighted by molar-refractivity contribution is -0.142. The lowest BCUT2D eigenvalue weighted by Gasteiger charge is -2.30. The van der Waals surface area contributed by atoms with Gasteiger partial charge in [-0.3, -0.25) is 14.5 Å². The summed E-state index contributed by atoms with van der Waals surface area (Å²) in [7, 11) is 1.29. The van der Waals surface area contributed by atoms with Crippen molar-refractivity contribution in [1.82, 2.24) is 0 Å². The van der Waals surface area contributed by atoms with Crippen LogP contribution in [-0.4, -0.2) is 35.9 Å². The second kappa shape index (κ2) is 9.89. The molecule has 7 heteroatoms. The second-order valence-electron chi connectivity index (χ2n) is 6.24. The van der Waals surface area contributed by atoms with Crippen LogP contribution < -0.4 is 4.90 Å². The largest absolute Gasteiger partial charge is 0.467 e. The summed E-state index contributed by atoms with van der Waals surface area (Å²) in [4.78, 5) is 39.1. The van der Waals surface area contributed by atoms with Crippen molar-refractivity contribution in [3.63, 3.8) is 0 Å². The van der Waals surface area contributed by atoms with E-state index in [1.165, 1.54) is 12.0 Å². The lowest BCUT2D eigenvalue weighted by atomic mass is 10.1. The number of ether oxygens (including phenoxy) is 1. The summed E-state index contributed by atoms with van der Waals surface area (Å²) >= 11 is 4.40. The zero-order valence-corrected chi connectivity index (χ0v) is 18.6. The van der Waals surface area contributed by atoms with Crippen LogP contribution in [0.15, 0.2) is 46.9 Å². The number of thioether (sulfide) groups is 1. The van der Waals surface area contributed by atoms with Gasteiger partial charge in [-0.2, -0.15) is 0 Å². The molecule has 0 N–H and O–H groups in total. The minimum atomic E-state index is -0.823. The quantitative estimate of drug-likeness (QED) is 0.588. The number of nitrogens with zero attached hydrogens (tertiary/aromatic N) is 1. The number of esters is 1. The Hall–Kier alpha value is -2.12. The van der Waals surface area contributed by atoms with E-state index in [1.807, 2.05) is 32.0 Å². The Bertz CT molecular complexity index is 885. The number of hydrogen-bond donors (Lipinski definition) is 0. The molecule has 0 heterocycles. The Balaban J connectivity index is 2.32. The van der Waals surface area contributed by atoms with E-state index in [0.717, 1.165) is 27.4 Å². The van der Waals surface area contributed by atoms with Crippen molar-refractivity contribution in [2.45, 2.75) is 26.8 Å². The standard InChI is InChI=1S/C21H22BrNO4S/c1-13-10-11-17(22)14(2)19(13)23(15(3)20(25)27-4)18(24)12-28-21(26)16-8-6-5-7-9-16/h5-11,15H,12H2,1-4H3/t15-/m0/s1. The van der Waals surface area contributed by atoms with Crippen molar-refractivity contribution in [2.24, 2.45) is 0 Å². The highest BCUT2D eigenvalue weighted by atomic mass is 79.9. The van der Waals surface area contributed by atoms with Gasteiger partial charge in [-0.05, 0) is 38.0 Å². The molecule has 0 aromatic heterocycles. The number of carbonyl (C=O) groups is 3. The molecule has 148 valence electrons. The average molecular weight is 464 g/mol. The molecule has 1 amide bonds. The Morgan fingerprint density at radius 2 is 1.75 bits per heavy atom. The van der Waals surface area contributed by atoms with E-state index < -0.39 is 12.0 Å². The average Bonchev–Trinajstić information content (AvgIpc) is 2.71. The Morgan fingerprint density at radius 1 is 1.11 bits per heavy atom. The molecule has 0 aliphatic carbocycles. The van der Waals surface area contributed by atoms with Crippen LogP contribution in [0.1, 0.15) is 28.4 Å². The summed E-state index contributed by atoms with van der Waals surface area (Å²) < 4.78 is 5.68. The smallest absolute Gasteiger partial charge is 0.328 e. The summed E-state index contributed by atoms with van der Waals surface area (Å²) in [6, 6.07) is 11.7. The third-order valence-corrected chi connectivity index (χ3v) is 6.09. The normalized spacial score (nSPS) is 11.6. The van der Waals surface area contributed by atoms with E-state index in [0.29, 0.717) is 11.3 Å². The highest BCUT2D eigenvalue weighted by molar-refractivity contribution is 9.10. The molecule has 0 bridgehead atoms. The summed E-state index contributed by atoms with van der Waals surface area (Å²) in [5, 5.41) is -0.192. The van der Waals surface area contributed by atoms with Gasteiger partial charge in [0.2, 0.25) is 11.0 Å². The van der Waals surface area contributed by atoms with Crippen LogP contribution >= 0.6 is 27.7 Å². The lowest BCUT2D eigenvalue weighted by Crippen LogP contribution is -2.45. The van der Waals surface area contributed by atoms with E-state index in [-0.39, 0.29) is 16.8 Å². The van der Waals surface area contributed by atoms with Crippen LogP contribution in [0.4, 0.5) is 5.69 Å². The summed E-state index contributed by atoms with van der Waals surface area (Å²) in [6.07, 6.45) is 0. The molecule has 0 aliphatic heterocycles. The molecular formula is C21H22BrNO4S. The molecule has 0 fully saturated rings. The molecule has 0 saturated carbocycles. The van der Waals surface area contributed by atoms with Crippen LogP contribution in [-0.2, 0) is 14.3 Å². The topological polar surface area (TPSA) is 63.7 Å². The Morgan fingerprint density at radius 3 is 2.36 bits per heavy atom. The fourth-order valence-electron chi connectivity index (χ4n) is 2.85. The molecule has 0 radical (unpaired) electrons. The van der Waals surface area contributed by atoms with Gasteiger partial charge in [0.15, 0.2) is 0 Å². The highest BCUT2D eigenvalue weighted by Gasteiger charge is 2.31. The molecule has 5 nitrogen and oxygen atoms in total.